The third-order valence-corrected chi connectivity index (χ3v) is 4.21. The van der Waals surface area contributed by atoms with Crippen LogP contribution in [0.4, 0.5) is 5.69 Å². The van der Waals surface area contributed by atoms with Crippen molar-refractivity contribution in [3.63, 3.8) is 0 Å². The summed E-state index contributed by atoms with van der Waals surface area (Å²) in [5.41, 5.74) is 4.95. The van der Waals surface area contributed by atoms with Crippen LogP contribution in [0.5, 0.6) is 0 Å². The van der Waals surface area contributed by atoms with E-state index in [-0.39, 0.29) is 5.91 Å². The molecule has 0 aromatic heterocycles. The maximum Gasteiger partial charge on any atom is 0.255 e. The smallest absolute Gasteiger partial charge is 0.255 e. The van der Waals surface area contributed by atoms with Gasteiger partial charge in [-0.25, -0.2) is 0 Å². The van der Waals surface area contributed by atoms with Gasteiger partial charge in [0.15, 0.2) is 0 Å². The van der Waals surface area contributed by atoms with Crippen molar-refractivity contribution in [2.45, 2.75) is 34.2 Å². The number of rotatable bonds is 6. The van der Waals surface area contributed by atoms with Crippen LogP contribution in [-0.4, -0.2) is 23.9 Å². The molecule has 1 amide bonds. The molecule has 0 atom stereocenters. The van der Waals surface area contributed by atoms with E-state index in [1.807, 2.05) is 50.2 Å². The quantitative estimate of drug-likeness (QED) is 0.858. The van der Waals surface area contributed by atoms with Gasteiger partial charge in [-0.15, -0.1) is 0 Å². The fraction of sp³-hybridized carbons (Fsp3) is 0.350. The van der Waals surface area contributed by atoms with Crippen LogP contribution in [0.1, 0.15) is 40.9 Å². The highest BCUT2D eigenvalue weighted by atomic mass is 16.1. The average molecular weight is 310 g/mol. The van der Waals surface area contributed by atoms with E-state index in [0.717, 1.165) is 36.4 Å². The molecule has 3 heteroatoms. The summed E-state index contributed by atoms with van der Waals surface area (Å²) in [4.78, 5) is 14.9. The Kier molecular flexibility index (Phi) is 5.94. The van der Waals surface area contributed by atoms with Crippen molar-refractivity contribution < 1.29 is 4.79 Å². The van der Waals surface area contributed by atoms with Crippen LogP contribution in [0.2, 0.25) is 0 Å². The summed E-state index contributed by atoms with van der Waals surface area (Å²) in [6.07, 6.45) is 0. The highest BCUT2D eigenvalue weighted by molar-refractivity contribution is 6.05. The molecule has 0 aliphatic heterocycles. The molecule has 0 saturated carbocycles. The molecule has 0 spiro atoms. The first kappa shape index (κ1) is 17.2. The number of carbonyl (C=O) groups excluding carboxylic acids is 1. The Morgan fingerprint density at radius 3 is 2.22 bits per heavy atom. The summed E-state index contributed by atoms with van der Waals surface area (Å²) in [6.45, 7) is 11.2. The number of aryl methyl sites for hydroxylation is 2. The summed E-state index contributed by atoms with van der Waals surface area (Å²) in [7, 11) is 0. The minimum atomic E-state index is -0.0520. The molecule has 0 saturated heterocycles. The van der Waals surface area contributed by atoms with Crippen LogP contribution >= 0.6 is 0 Å². The SMILES string of the molecule is CCN(CC)Cc1cccc(C(=O)Nc2c(C)cccc2C)c1. The van der Waals surface area contributed by atoms with Crippen LogP contribution in [0.25, 0.3) is 0 Å². The fourth-order valence-corrected chi connectivity index (χ4v) is 2.71. The maximum atomic E-state index is 12.6. The van der Waals surface area contributed by atoms with Crippen molar-refractivity contribution in [2.75, 3.05) is 18.4 Å². The van der Waals surface area contributed by atoms with E-state index in [2.05, 4.69) is 30.1 Å². The first-order valence-electron chi connectivity index (χ1n) is 8.24. The lowest BCUT2D eigenvalue weighted by molar-refractivity contribution is 0.102. The summed E-state index contributed by atoms with van der Waals surface area (Å²) in [5.74, 6) is -0.0520. The summed E-state index contributed by atoms with van der Waals surface area (Å²) >= 11 is 0. The van der Waals surface area contributed by atoms with Crippen molar-refractivity contribution in [3.8, 4) is 0 Å². The van der Waals surface area contributed by atoms with Crippen molar-refractivity contribution in [1.82, 2.24) is 4.90 Å². The number of benzene rings is 2. The predicted octanol–water partition coefficient (Wildman–Crippen LogP) is 4.40. The zero-order valence-corrected chi connectivity index (χ0v) is 14.5. The normalized spacial score (nSPS) is 10.8. The van der Waals surface area contributed by atoms with Gasteiger partial charge in [-0.1, -0.05) is 44.2 Å². The topological polar surface area (TPSA) is 32.3 Å². The van der Waals surface area contributed by atoms with E-state index in [1.54, 1.807) is 0 Å². The Morgan fingerprint density at radius 1 is 1.00 bits per heavy atom. The van der Waals surface area contributed by atoms with Gasteiger partial charge in [-0.3, -0.25) is 9.69 Å². The highest BCUT2D eigenvalue weighted by Gasteiger charge is 2.10. The monoisotopic (exact) mass is 310 g/mol. The molecule has 2 rings (SSSR count). The molecular weight excluding hydrogens is 284 g/mol. The minimum absolute atomic E-state index is 0.0520. The van der Waals surface area contributed by atoms with Crippen molar-refractivity contribution in [1.29, 1.82) is 0 Å². The third-order valence-electron chi connectivity index (χ3n) is 4.21. The molecule has 3 nitrogen and oxygen atoms in total. The van der Waals surface area contributed by atoms with Gasteiger partial charge < -0.3 is 5.32 Å². The Balaban J connectivity index is 2.17. The van der Waals surface area contributed by atoms with Gasteiger partial charge in [0.1, 0.15) is 0 Å². The van der Waals surface area contributed by atoms with Crippen LogP contribution in [0, 0.1) is 13.8 Å². The first-order chi connectivity index (χ1) is 11.0. The lowest BCUT2D eigenvalue weighted by Crippen LogP contribution is -2.22. The number of nitrogens with one attached hydrogen (secondary N) is 1. The summed E-state index contributed by atoms with van der Waals surface area (Å²) in [5, 5.41) is 3.05. The zero-order valence-electron chi connectivity index (χ0n) is 14.5. The van der Waals surface area contributed by atoms with E-state index in [9.17, 15) is 4.79 Å². The second-order valence-corrected chi connectivity index (χ2v) is 5.88. The first-order valence-corrected chi connectivity index (χ1v) is 8.24. The molecule has 2 aromatic rings. The summed E-state index contributed by atoms with van der Waals surface area (Å²) < 4.78 is 0. The second kappa shape index (κ2) is 7.93. The van der Waals surface area contributed by atoms with Crippen molar-refractivity contribution >= 4 is 11.6 Å². The predicted molar refractivity (Wildman–Crippen MR) is 96.9 cm³/mol. The molecule has 2 aromatic carbocycles. The van der Waals surface area contributed by atoms with E-state index < -0.39 is 0 Å². The zero-order chi connectivity index (χ0) is 16.8. The van der Waals surface area contributed by atoms with E-state index in [4.69, 9.17) is 0 Å². The minimum Gasteiger partial charge on any atom is -0.322 e. The van der Waals surface area contributed by atoms with Crippen LogP contribution in [-0.2, 0) is 6.54 Å². The molecule has 1 N–H and O–H groups in total. The largest absolute Gasteiger partial charge is 0.322 e. The lowest BCUT2D eigenvalue weighted by Gasteiger charge is -2.18. The Morgan fingerprint density at radius 2 is 1.61 bits per heavy atom. The van der Waals surface area contributed by atoms with Gasteiger partial charge in [0.25, 0.3) is 5.91 Å². The molecule has 0 aliphatic carbocycles. The highest BCUT2D eigenvalue weighted by Crippen LogP contribution is 2.20. The number of carbonyl (C=O) groups is 1. The molecule has 0 fully saturated rings. The number of anilines is 1. The number of hydrogen-bond acceptors (Lipinski definition) is 2. The Labute approximate surface area is 139 Å². The Hall–Kier alpha value is -2.13. The number of para-hydroxylation sites is 1. The fourth-order valence-electron chi connectivity index (χ4n) is 2.71. The molecule has 0 radical (unpaired) electrons. The number of nitrogens with zero attached hydrogens (tertiary/aromatic N) is 1. The molecular formula is C20H26N2O. The van der Waals surface area contributed by atoms with Gasteiger partial charge >= 0.3 is 0 Å². The van der Waals surface area contributed by atoms with Gasteiger partial charge in [-0.05, 0) is 55.8 Å². The van der Waals surface area contributed by atoms with Crippen LogP contribution < -0.4 is 5.32 Å². The van der Waals surface area contributed by atoms with Crippen LogP contribution in [0.3, 0.4) is 0 Å². The molecule has 0 heterocycles. The molecule has 0 aliphatic rings. The van der Waals surface area contributed by atoms with Crippen molar-refractivity contribution in [2.24, 2.45) is 0 Å². The third kappa shape index (κ3) is 4.42. The van der Waals surface area contributed by atoms with Gasteiger partial charge in [0, 0.05) is 17.8 Å². The number of hydrogen-bond donors (Lipinski definition) is 1. The average Bonchev–Trinajstić information content (AvgIpc) is 2.56. The van der Waals surface area contributed by atoms with Gasteiger partial charge in [0.05, 0.1) is 0 Å². The van der Waals surface area contributed by atoms with Crippen molar-refractivity contribution in [3.05, 3.63) is 64.7 Å². The van der Waals surface area contributed by atoms with Gasteiger partial charge in [-0.2, -0.15) is 0 Å². The molecule has 0 bridgehead atoms. The number of amides is 1. The van der Waals surface area contributed by atoms with Gasteiger partial charge in [0.2, 0.25) is 0 Å². The van der Waals surface area contributed by atoms with E-state index in [0.29, 0.717) is 5.56 Å². The summed E-state index contributed by atoms with van der Waals surface area (Å²) in [6, 6.07) is 13.9. The Bertz CT molecular complexity index is 655. The molecule has 122 valence electrons. The lowest BCUT2D eigenvalue weighted by atomic mass is 10.1. The maximum absolute atomic E-state index is 12.6. The second-order valence-electron chi connectivity index (χ2n) is 5.88. The van der Waals surface area contributed by atoms with E-state index >= 15 is 0 Å². The van der Waals surface area contributed by atoms with Crippen LogP contribution in [0.15, 0.2) is 42.5 Å². The standard InChI is InChI=1S/C20H26N2O/c1-5-22(6-2)14-17-11-8-12-18(13-17)20(23)21-19-15(3)9-7-10-16(19)4/h7-13H,5-6,14H2,1-4H3,(H,21,23). The van der Waals surface area contributed by atoms with E-state index in [1.165, 1.54) is 5.56 Å². The molecule has 23 heavy (non-hydrogen) atoms. The molecule has 0 unspecified atom stereocenters.